The Morgan fingerprint density at radius 1 is 1.50 bits per heavy atom. The lowest BCUT2D eigenvalue weighted by Crippen LogP contribution is -2.08. The minimum absolute atomic E-state index is 0.137. The summed E-state index contributed by atoms with van der Waals surface area (Å²) >= 11 is 4.55. The van der Waals surface area contributed by atoms with Crippen LogP contribution >= 0.6 is 27.3 Å². The summed E-state index contributed by atoms with van der Waals surface area (Å²) in [7, 11) is 0. The molecule has 5 nitrogen and oxygen atoms in total. The van der Waals surface area contributed by atoms with Crippen molar-refractivity contribution in [3.8, 4) is 10.6 Å². The van der Waals surface area contributed by atoms with Crippen LogP contribution in [-0.4, -0.2) is 11.2 Å². The van der Waals surface area contributed by atoms with Crippen molar-refractivity contribution in [2.75, 3.05) is 0 Å². The summed E-state index contributed by atoms with van der Waals surface area (Å²) in [5.74, 6) is 0. The van der Waals surface area contributed by atoms with E-state index in [0.717, 1.165) is 21.4 Å². The molecule has 0 aliphatic heterocycles. The van der Waals surface area contributed by atoms with Gasteiger partial charge in [0.15, 0.2) is 5.01 Å². The van der Waals surface area contributed by atoms with Crippen molar-refractivity contribution in [2.45, 2.75) is 0 Å². The lowest BCUT2D eigenvalue weighted by Gasteiger charge is -1.96. The van der Waals surface area contributed by atoms with E-state index in [2.05, 4.69) is 26.1 Å². The zero-order chi connectivity index (χ0) is 11.5. The summed E-state index contributed by atoms with van der Waals surface area (Å²) < 4.78 is 5.76. The maximum absolute atomic E-state index is 10.5. The number of nitrogens with zero attached hydrogens (tertiary/aromatic N) is 2. The number of urea groups is 1. The molecule has 0 fully saturated rings. The Labute approximate surface area is 103 Å². The van der Waals surface area contributed by atoms with Gasteiger partial charge in [-0.1, -0.05) is 50.6 Å². The molecule has 0 saturated heterocycles. The molecular formula is C9H6BrN3O2S. The topological polar surface area (TPSA) is 81.5 Å². The van der Waals surface area contributed by atoms with Gasteiger partial charge >= 0.3 is 10.9 Å². The maximum Gasteiger partial charge on any atom is 0.342 e. The molecule has 0 aliphatic carbocycles. The molecule has 0 saturated carbocycles. The first-order valence-electron chi connectivity index (χ1n) is 4.22. The largest absolute Gasteiger partial charge is 0.350 e. The predicted octanol–water partition coefficient (Wildman–Crippen LogP) is 2.15. The number of hydrogen-bond donors (Lipinski definition) is 1. The van der Waals surface area contributed by atoms with E-state index in [4.69, 9.17) is 10.3 Å². The van der Waals surface area contributed by atoms with Gasteiger partial charge in [0.2, 0.25) is 0 Å². The van der Waals surface area contributed by atoms with E-state index in [9.17, 15) is 4.79 Å². The van der Waals surface area contributed by atoms with Crippen molar-refractivity contribution >= 4 is 33.3 Å². The van der Waals surface area contributed by atoms with Gasteiger partial charge in [0.1, 0.15) is 0 Å². The van der Waals surface area contributed by atoms with E-state index in [1.807, 2.05) is 24.3 Å². The van der Waals surface area contributed by atoms with Gasteiger partial charge in [0.05, 0.1) is 0 Å². The highest BCUT2D eigenvalue weighted by atomic mass is 79.9. The van der Waals surface area contributed by atoms with Crippen LogP contribution in [0.1, 0.15) is 0 Å². The number of halogens is 1. The summed E-state index contributed by atoms with van der Waals surface area (Å²) in [5.41, 5.74) is 5.78. The standard InChI is InChI=1S/C9H6BrN3O2S/c10-6-4-2-1-3-5(6)7-13-15-9(16-7)12-8(11)14/h1-4H,(H2,11,14)/b12-9+. The Morgan fingerprint density at radius 2 is 2.25 bits per heavy atom. The summed E-state index contributed by atoms with van der Waals surface area (Å²) in [5, 5.41) is 4.44. The smallest absolute Gasteiger partial charge is 0.342 e. The highest BCUT2D eigenvalue weighted by molar-refractivity contribution is 9.10. The Hall–Kier alpha value is -1.47. The first-order valence-corrected chi connectivity index (χ1v) is 5.83. The first kappa shape index (κ1) is 11.0. The Bertz CT molecular complexity index is 590. The first-order chi connectivity index (χ1) is 7.66. The molecule has 2 N–H and O–H groups in total. The average Bonchev–Trinajstić information content (AvgIpc) is 2.66. The van der Waals surface area contributed by atoms with Crippen LogP contribution in [-0.2, 0) is 0 Å². The fourth-order valence-electron chi connectivity index (χ4n) is 1.07. The molecular weight excluding hydrogens is 294 g/mol. The van der Waals surface area contributed by atoms with Crippen LogP contribution in [0.2, 0.25) is 0 Å². The molecule has 7 heteroatoms. The number of amides is 2. The summed E-state index contributed by atoms with van der Waals surface area (Å²) in [6.07, 6.45) is 0. The second-order valence-corrected chi connectivity index (χ2v) is 4.58. The van der Waals surface area contributed by atoms with Crippen molar-refractivity contribution in [2.24, 2.45) is 10.7 Å². The van der Waals surface area contributed by atoms with E-state index in [1.165, 1.54) is 0 Å². The lowest BCUT2D eigenvalue weighted by atomic mass is 10.2. The summed E-state index contributed by atoms with van der Waals surface area (Å²) in [4.78, 5) is 14.1. The number of carbonyl (C=O) groups is 1. The van der Waals surface area contributed by atoms with Crippen LogP contribution in [0.3, 0.4) is 0 Å². The lowest BCUT2D eigenvalue weighted by molar-refractivity contribution is 0.254. The minimum atomic E-state index is -0.800. The molecule has 0 radical (unpaired) electrons. The van der Waals surface area contributed by atoms with Crippen LogP contribution in [0.4, 0.5) is 4.79 Å². The van der Waals surface area contributed by atoms with Gasteiger partial charge < -0.3 is 10.3 Å². The van der Waals surface area contributed by atoms with Gasteiger partial charge in [0, 0.05) is 10.0 Å². The monoisotopic (exact) mass is 299 g/mol. The number of nitrogens with two attached hydrogens (primary N) is 1. The predicted molar refractivity (Wildman–Crippen MR) is 62.7 cm³/mol. The number of hydrogen-bond acceptors (Lipinski definition) is 4. The second-order valence-electron chi connectivity index (χ2n) is 2.79. The molecule has 16 heavy (non-hydrogen) atoms. The maximum atomic E-state index is 10.5. The molecule has 82 valence electrons. The van der Waals surface area contributed by atoms with Gasteiger partial charge in [-0.25, -0.2) is 4.79 Å². The fourth-order valence-corrected chi connectivity index (χ4v) is 2.41. The Balaban J connectivity index is 2.47. The van der Waals surface area contributed by atoms with Crippen LogP contribution in [0, 0.1) is 0 Å². The van der Waals surface area contributed by atoms with Gasteiger partial charge in [-0.2, -0.15) is 0 Å². The minimum Gasteiger partial charge on any atom is -0.350 e. The molecule has 1 heterocycles. The van der Waals surface area contributed by atoms with Crippen molar-refractivity contribution in [1.29, 1.82) is 0 Å². The summed E-state index contributed by atoms with van der Waals surface area (Å²) in [6.45, 7) is 0. The van der Waals surface area contributed by atoms with Crippen molar-refractivity contribution in [1.82, 2.24) is 5.16 Å². The Morgan fingerprint density at radius 3 is 2.94 bits per heavy atom. The quantitative estimate of drug-likeness (QED) is 0.876. The third-order valence-corrected chi connectivity index (χ3v) is 3.22. The van der Waals surface area contributed by atoms with Crippen LogP contribution < -0.4 is 10.6 Å². The van der Waals surface area contributed by atoms with Crippen molar-refractivity contribution in [3.05, 3.63) is 33.6 Å². The van der Waals surface area contributed by atoms with Crippen LogP contribution in [0.25, 0.3) is 10.6 Å². The summed E-state index contributed by atoms with van der Waals surface area (Å²) in [6, 6.07) is 6.75. The molecule has 2 rings (SSSR count). The zero-order valence-corrected chi connectivity index (χ0v) is 10.3. The number of rotatable bonds is 1. The van der Waals surface area contributed by atoms with Crippen molar-refractivity contribution < 1.29 is 9.32 Å². The van der Waals surface area contributed by atoms with Crippen molar-refractivity contribution in [3.63, 3.8) is 0 Å². The van der Waals surface area contributed by atoms with E-state index < -0.39 is 6.03 Å². The van der Waals surface area contributed by atoms with E-state index in [0.29, 0.717) is 5.01 Å². The fraction of sp³-hybridized carbons (Fsp3) is 0. The molecule has 0 spiro atoms. The Kier molecular flexibility index (Phi) is 3.16. The normalized spacial score (nSPS) is 11.7. The van der Waals surface area contributed by atoms with E-state index >= 15 is 0 Å². The third-order valence-electron chi connectivity index (χ3n) is 1.70. The SMILES string of the molecule is NC(=O)/N=c1\onc(-c2ccccc2Br)s1. The highest BCUT2D eigenvalue weighted by Crippen LogP contribution is 2.27. The number of primary amides is 1. The zero-order valence-electron chi connectivity index (χ0n) is 7.88. The number of benzene rings is 1. The van der Waals surface area contributed by atoms with E-state index in [-0.39, 0.29) is 4.87 Å². The average molecular weight is 300 g/mol. The number of aromatic nitrogens is 1. The molecule has 0 aliphatic rings. The highest BCUT2D eigenvalue weighted by Gasteiger charge is 2.07. The van der Waals surface area contributed by atoms with Crippen LogP contribution in [0.5, 0.6) is 0 Å². The number of carbonyl (C=O) groups excluding carboxylic acids is 1. The molecule has 0 bridgehead atoms. The molecule has 1 aromatic carbocycles. The second kappa shape index (κ2) is 4.58. The van der Waals surface area contributed by atoms with Gasteiger partial charge in [0.25, 0.3) is 0 Å². The molecule has 1 aromatic heterocycles. The van der Waals surface area contributed by atoms with Gasteiger partial charge in [-0.15, -0.1) is 4.99 Å². The van der Waals surface area contributed by atoms with E-state index in [1.54, 1.807) is 0 Å². The van der Waals surface area contributed by atoms with Gasteiger partial charge in [-0.3, -0.25) is 0 Å². The molecule has 2 amide bonds. The molecule has 0 unspecified atom stereocenters. The molecule has 0 atom stereocenters. The van der Waals surface area contributed by atoms with Crippen LogP contribution in [0.15, 0.2) is 38.3 Å². The third kappa shape index (κ3) is 2.37. The molecule has 2 aromatic rings. The van der Waals surface area contributed by atoms with Gasteiger partial charge in [-0.05, 0) is 6.07 Å².